The van der Waals surface area contributed by atoms with Crippen LogP contribution >= 0.6 is 0 Å². The van der Waals surface area contributed by atoms with Gasteiger partial charge in [0.15, 0.2) is 0 Å². The SMILES string of the molecule is CC(C)c1cc(C(=O)N(C)Cc2cccc(CN[C@@H](C(=O)O)C(C(C)C)C3CCCC3)c2)c(O)cc1O. The zero-order chi connectivity index (χ0) is 27.3. The summed E-state index contributed by atoms with van der Waals surface area (Å²) in [5.74, 6) is -0.632. The Morgan fingerprint density at radius 2 is 1.65 bits per heavy atom. The first-order chi connectivity index (χ1) is 17.5. The summed E-state index contributed by atoms with van der Waals surface area (Å²) < 4.78 is 0. The molecule has 1 amide bonds. The number of benzene rings is 2. The highest BCUT2D eigenvalue weighted by Gasteiger charge is 2.37. The maximum atomic E-state index is 13.1. The molecule has 37 heavy (non-hydrogen) atoms. The van der Waals surface area contributed by atoms with Gasteiger partial charge in [0.2, 0.25) is 0 Å². The third kappa shape index (κ3) is 7.04. The van der Waals surface area contributed by atoms with E-state index >= 15 is 0 Å². The van der Waals surface area contributed by atoms with E-state index in [-0.39, 0.29) is 40.7 Å². The molecular formula is C30H42N2O5. The number of carboxylic acid groups (broad SMARTS) is 1. The van der Waals surface area contributed by atoms with E-state index in [0.717, 1.165) is 24.0 Å². The van der Waals surface area contributed by atoms with Gasteiger partial charge in [0.25, 0.3) is 5.91 Å². The van der Waals surface area contributed by atoms with Crippen molar-refractivity contribution in [2.45, 2.75) is 78.4 Å². The Morgan fingerprint density at radius 3 is 2.24 bits per heavy atom. The maximum Gasteiger partial charge on any atom is 0.321 e. The van der Waals surface area contributed by atoms with Crippen molar-refractivity contribution in [1.82, 2.24) is 10.2 Å². The fourth-order valence-electron chi connectivity index (χ4n) is 5.78. The van der Waals surface area contributed by atoms with Crippen LogP contribution in [0.5, 0.6) is 11.5 Å². The molecule has 1 unspecified atom stereocenters. The van der Waals surface area contributed by atoms with Gasteiger partial charge in [-0.2, -0.15) is 0 Å². The van der Waals surface area contributed by atoms with Gasteiger partial charge >= 0.3 is 5.97 Å². The Morgan fingerprint density at radius 1 is 1.00 bits per heavy atom. The summed E-state index contributed by atoms with van der Waals surface area (Å²) in [4.78, 5) is 26.8. The van der Waals surface area contributed by atoms with Crippen LogP contribution in [0.25, 0.3) is 0 Å². The predicted octanol–water partition coefficient (Wildman–Crippen LogP) is 5.50. The Hall–Kier alpha value is -3.06. The van der Waals surface area contributed by atoms with Crippen molar-refractivity contribution in [2.75, 3.05) is 7.05 Å². The number of aromatic hydroxyl groups is 2. The highest BCUT2D eigenvalue weighted by Crippen LogP contribution is 2.37. The van der Waals surface area contributed by atoms with Crippen LogP contribution in [0.1, 0.15) is 86.3 Å². The van der Waals surface area contributed by atoms with E-state index in [4.69, 9.17) is 0 Å². The summed E-state index contributed by atoms with van der Waals surface area (Å²) in [6, 6.07) is 9.93. The van der Waals surface area contributed by atoms with E-state index in [1.807, 2.05) is 38.1 Å². The number of nitrogens with zero attached hydrogens (tertiary/aromatic N) is 1. The molecule has 1 aliphatic rings. The van der Waals surface area contributed by atoms with Crippen LogP contribution in [0.2, 0.25) is 0 Å². The number of phenolic OH excluding ortho intramolecular Hbond substituents is 2. The zero-order valence-electron chi connectivity index (χ0n) is 22.7. The second kappa shape index (κ2) is 12.5. The number of hydrogen-bond donors (Lipinski definition) is 4. The largest absolute Gasteiger partial charge is 0.508 e. The van der Waals surface area contributed by atoms with E-state index in [2.05, 4.69) is 19.2 Å². The van der Waals surface area contributed by atoms with Crippen molar-refractivity contribution in [3.8, 4) is 11.5 Å². The molecule has 2 atom stereocenters. The highest BCUT2D eigenvalue weighted by atomic mass is 16.4. The summed E-state index contributed by atoms with van der Waals surface area (Å²) in [7, 11) is 1.67. The predicted molar refractivity (Wildman–Crippen MR) is 145 cm³/mol. The van der Waals surface area contributed by atoms with Gasteiger partial charge in [-0.3, -0.25) is 9.59 Å². The van der Waals surface area contributed by atoms with E-state index in [1.165, 1.54) is 23.8 Å². The summed E-state index contributed by atoms with van der Waals surface area (Å²) in [6.07, 6.45) is 4.54. The Labute approximate surface area is 220 Å². The molecule has 2 aromatic carbocycles. The summed E-state index contributed by atoms with van der Waals surface area (Å²) in [5, 5.41) is 33.7. The second-order valence-corrected chi connectivity index (χ2v) is 11.1. The van der Waals surface area contributed by atoms with Crippen molar-refractivity contribution in [1.29, 1.82) is 0 Å². The number of amides is 1. The quantitative estimate of drug-likeness (QED) is 0.318. The van der Waals surface area contributed by atoms with Crippen LogP contribution in [-0.4, -0.2) is 45.2 Å². The normalized spacial score (nSPS) is 15.8. The number of carbonyl (C=O) groups excluding carboxylic acids is 1. The van der Waals surface area contributed by atoms with E-state index in [1.54, 1.807) is 13.1 Å². The molecule has 0 heterocycles. The Balaban J connectivity index is 1.70. The van der Waals surface area contributed by atoms with Gasteiger partial charge in [0.1, 0.15) is 17.5 Å². The van der Waals surface area contributed by atoms with E-state index in [9.17, 15) is 24.9 Å². The van der Waals surface area contributed by atoms with Gasteiger partial charge in [-0.1, -0.05) is 77.6 Å². The smallest absolute Gasteiger partial charge is 0.321 e. The Kier molecular flexibility index (Phi) is 9.60. The lowest BCUT2D eigenvalue weighted by Gasteiger charge is -2.33. The molecule has 0 bridgehead atoms. The monoisotopic (exact) mass is 510 g/mol. The minimum absolute atomic E-state index is 0.000211. The summed E-state index contributed by atoms with van der Waals surface area (Å²) in [5.41, 5.74) is 2.61. The lowest BCUT2D eigenvalue weighted by atomic mass is 9.77. The molecule has 1 saturated carbocycles. The van der Waals surface area contributed by atoms with Crippen LogP contribution in [0, 0.1) is 17.8 Å². The van der Waals surface area contributed by atoms with Crippen LogP contribution in [-0.2, 0) is 17.9 Å². The first-order valence-electron chi connectivity index (χ1n) is 13.3. The average Bonchev–Trinajstić information content (AvgIpc) is 3.35. The van der Waals surface area contributed by atoms with Crippen LogP contribution in [0.3, 0.4) is 0 Å². The summed E-state index contributed by atoms with van der Waals surface area (Å²) >= 11 is 0. The molecule has 1 aliphatic carbocycles. The molecule has 0 aromatic heterocycles. The number of carboxylic acids is 1. The lowest BCUT2D eigenvalue weighted by molar-refractivity contribution is -0.142. The Bertz CT molecular complexity index is 1090. The number of rotatable bonds is 11. The number of nitrogens with one attached hydrogen (secondary N) is 1. The van der Waals surface area contributed by atoms with Crippen molar-refractivity contribution >= 4 is 11.9 Å². The van der Waals surface area contributed by atoms with Gasteiger partial charge in [0, 0.05) is 26.2 Å². The molecule has 7 nitrogen and oxygen atoms in total. The fraction of sp³-hybridized carbons (Fsp3) is 0.533. The lowest BCUT2D eigenvalue weighted by Crippen LogP contribution is -2.47. The van der Waals surface area contributed by atoms with Crippen molar-refractivity contribution in [2.24, 2.45) is 17.8 Å². The number of carbonyl (C=O) groups is 2. The topological polar surface area (TPSA) is 110 Å². The van der Waals surface area contributed by atoms with Gasteiger partial charge in [0.05, 0.1) is 5.56 Å². The molecule has 7 heteroatoms. The van der Waals surface area contributed by atoms with E-state index in [0.29, 0.717) is 24.6 Å². The molecule has 4 N–H and O–H groups in total. The molecule has 2 aromatic rings. The number of aliphatic carboxylic acids is 1. The third-order valence-electron chi connectivity index (χ3n) is 7.65. The second-order valence-electron chi connectivity index (χ2n) is 11.1. The van der Waals surface area contributed by atoms with E-state index < -0.39 is 12.0 Å². The molecule has 3 rings (SSSR count). The van der Waals surface area contributed by atoms with Crippen molar-refractivity contribution < 1.29 is 24.9 Å². The molecule has 202 valence electrons. The molecular weight excluding hydrogens is 468 g/mol. The minimum atomic E-state index is -0.804. The molecule has 1 fully saturated rings. The number of hydrogen-bond acceptors (Lipinski definition) is 5. The first-order valence-corrected chi connectivity index (χ1v) is 13.3. The molecule has 0 spiro atoms. The van der Waals surface area contributed by atoms with Gasteiger partial charge < -0.3 is 25.5 Å². The van der Waals surface area contributed by atoms with Gasteiger partial charge in [-0.25, -0.2) is 0 Å². The van der Waals surface area contributed by atoms with Crippen LogP contribution in [0.4, 0.5) is 0 Å². The van der Waals surface area contributed by atoms with Crippen LogP contribution in [0.15, 0.2) is 36.4 Å². The molecule has 0 radical (unpaired) electrons. The average molecular weight is 511 g/mol. The molecule has 0 aliphatic heterocycles. The standard InChI is InChI=1S/C30H42N2O5/c1-18(2)23-14-24(26(34)15-25(23)33)29(35)32(5)17-21-10-8-9-20(13-21)16-31-28(30(36)37)27(19(3)4)22-11-6-7-12-22/h8-10,13-15,18-19,22,27-28,31,33-34H,6-7,11-12,16-17H2,1-5H3,(H,36,37)/t27?,28-/m1/s1. The van der Waals surface area contributed by atoms with Crippen molar-refractivity contribution in [3.63, 3.8) is 0 Å². The zero-order valence-corrected chi connectivity index (χ0v) is 22.7. The summed E-state index contributed by atoms with van der Waals surface area (Å²) in [6.45, 7) is 8.80. The first kappa shape index (κ1) is 28.5. The number of phenols is 2. The highest BCUT2D eigenvalue weighted by molar-refractivity contribution is 5.97. The fourth-order valence-corrected chi connectivity index (χ4v) is 5.78. The van der Waals surface area contributed by atoms with Crippen LogP contribution < -0.4 is 5.32 Å². The minimum Gasteiger partial charge on any atom is -0.508 e. The van der Waals surface area contributed by atoms with Crippen molar-refractivity contribution in [3.05, 3.63) is 58.7 Å². The molecule has 0 saturated heterocycles. The van der Waals surface area contributed by atoms with Gasteiger partial charge in [-0.05, 0) is 46.4 Å². The van der Waals surface area contributed by atoms with Gasteiger partial charge in [-0.15, -0.1) is 0 Å². The maximum absolute atomic E-state index is 13.1. The third-order valence-corrected chi connectivity index (χ3v) is 7.65.